The lowest BCUT2D eigenvalue weighted by Crippen LogP contribution is -2.45. The normalized spacial score (nSPS) is 11.9. The van der Waals surface area contributed by atoms with Gasteiger partial charge in [-0.25, -0.2) is 4.68 Å². The first-order valence-corrected chi connectivity index (χ1v) is 6.56. The molecule has 0 spiro atoms. The first-order valence-electron chi connectivity index (χ1n) is 6.56. The molecule has 0 aromatic carbocycles. The van der Waals surface area contributed by atoms with Crippen molar-refractivity contribution in [1.29, 1.82) is 0 Å². The van der Waals surface area contributed by atoms with Gasteiger partial charge in [0.1, 0.15) is 0 Å². The Balaban J connectivity index is 2.48. The molecule has 0 unspecified atom stereocenters. The second-order valence-electron chi connectivity index (χ2n) is 5.79. The standard InChI is InChI=1S/C12H24N6O/c1-6-7-18-10(14-15-16-18)8-17(5)9-11(19)13-12(2,3)4/h6-9H2,1-5H3,(H,13,19). The molecule has 0 saturated carbocycles. The molecular weight excluding hydrogens is 244 g/mol. The fourth-order valence-electron chi connectivity index (χ4n) is 1.72. The van der Waals surface area contributed by atoms with Gasteiger partial charge in [0, 0.05) is 12.1 Å². The molecule has 0 aliphatic carbocycles. The molecule has 19 heavy (non-hydrogen) atoms. The molecule has 0 bridgehead atoms. The number of aromatic nitrogens is 4. The monoisotopic (exact) mass is 268 g/mol. The van der Waals surface area contributed by atoms with E-state index in [2.05, 4.69) is 27.8 Å². The summed E-state index contributed by atoms with van der Waals surface area (Å²) in [4.78, 5) is 13.7. The number of hydrogen-bond acceptors (Lipinski definition) is 5. The molecule has 1 N–H and O–H groups in total. The van der Waals surface area contributed by atoms with Crippen LogP contribution in [-0.2, 0) is 17.9 Å². The van der Waals surface area contributed by atoms with Crippen molar-refractivity contribution in [3.63, 3.8) is 0 Å². The van der Waals surface area contributed by atoms with Crippen molar-refractivity contribution >= 4 is 5.91 Å². The van der Waals surface area contributed by atoms with Gasteiger partial charge in [0.2, 0.25) is 5.91 Å². The molecule has 108 valence electrons. The number of likely N-dealkylation sites (N-methyl/N-ethyl adjacent to an activating group) is 1. The van der Waals surface area contributed by atoms with Crippen LogP contribution in [0.3, 0.4) is 0 Å². The summed E-state index contributed by atoms with van der Waals surface area (Å²) < 4.78 is 1.78. The third-order valence-electron chi connectivity index (χ3n) is 2.38. The lowest BCUT2D eigenvalue weighted by atomic mass is 10.1. The Bertz CT molecular complexity index is 409. The maximum Gasteiger partial charge on any atom is 0.234 e. The molecule has 7 heteroatoms. The molecule has 0 fully saturated rings. The first-order chi connectivity index (χ1) is 8.81. The van der Waals surface area contributed by atoms with E-state index in [-0.39, 0.29) is 11.4 Å². The summed E-state index contributed by atoms with van der Waals surface area (Å²) in [6, 6.07) is 0. The van der Waals surface area contributed by atoms with Crippen LogP contribution in [0.25, 0.3) is 0 Å². The Labute approximate surface area is 114 Å². The van der Waals surface area contributed by atoms with Crippen molar-refractivity contribution in [3.05, 3.63) is 5.82 Å². The molecular formula is C12H24N6O. The van der Waals surface area contributed by atoms with Crippen molar-refractivity contribution in [2.24, 2.45) is 0 Å². The zero-order valence-electron chi connectivity index (χ0n) is 12.5. The van der Waals surface area contributed by atoms with Crippen LogP contribution in [0.2, 0.25) is 0 Å². The van der Waals surface area contributed by atoms with E-state index in [1.54, 1.807) is 4.68 Å². The molecule has 1 rings (SSSR count). The lowest BCUT2D eigenvalue weighted by Gasteiger charge is -2.23. The summed E-state index contributed by atoms with van der Waals surface area (Å²) in [5.74, 6) is 0.789. The van der Waals surface area contributed by atoms with Gasteiger partial charge in [-0.05, 0) is 44.7 Å². The number of hydrogen-bond donors (Lipinski definition) is 1. The number of aryl methyl sites for hydroxylation is 1. The summed E-state index contributed by atoms with van der Waals surface area (Å²) in [5.41, 5.74) is -0.207. The number of rotatable bonds is 6. The van der Waals surface area contributed by atoms with Crippen molar-refractivity contribution < 1.29 is 4.79 Å². The molecule has 1 heterocycles. The zero-order valence-corrected chi connectivity index (χ0v) is 12.5. The van der Waals surface area contributed by atoms with Gasteiger partial charge in [-0.2, -0.15) is 0 Å². The average Bonchev–Trinajstić information content (AvgIpc) is 2.62. The van der Waals surface area contributed by atoms with Crippen molar-refractivity contribution in [1.82, 2.24) is 30.4 Å². The second kappa shape index (κ2) is 6.60. The van der Waals surface area contributed by atoms with E-state index in [0.29, 0.717) is 13.1 Å². The maximum atomic E-state index is 11.8. The van der Waals surface area contributed by atoms with E-state index >= 15 is 0 Å². The van der Waals surface area contributed by atoms with E-state index in [9.17, 15) is 4.79 Å². The van der Waals surface area contributed by atoms with Gasteiger partial charge < -0.3 is 5.32 Å². The average molecular weight is 268 g/mol. The molecule has 0 aliphatic heterocycles. The third kappa shape index (κ3) is 5.78. The van der Waals surface area contributed by atoms with Crippen LogP contribution in [0.15, 0.2) is 0 Å². The summed E-state index contributed by atoms with van der Waals surface area (Å²) in [6.45, 7) is 9.66. The van der Waals surface area contributed by atoms with E-state index in [4.69, 9.17) is 0 Å². The molecule has 1 aromatic rings. The lowest BCUT2D eigenvalue weighted by molar-refractivity contribution is -0.123. The largest absolute Gasteiger partial charge is 0.350 e. The minimum Gasteiger partial charge on any atom is -0.350 e. The number of nitrogens with zero attached hydrogens (tertiary/aromatic N) is 5. The van der Waals surface area contributed by atoms with E-state index in [1.807, 2.05) is 32.7 Å². The molecule has 0 aliphatic rings. The minimum absolute atomic E-state index is 0.00418. The zero-order chi connectivity index (χ0) is 14.5. The van der Waals surface area contributed by atoms with Gasteiger partial charge in [0.05, 0.1) is 13.1 Å². The molecule has 7 nitrogen and oxygen atoms in total. The van der Waals surface area contributed by atoms with Crippen molar-refractivity contribution in [3.8, 4) is 0 Å². The number of tetrazole rings is 1. The Morgan fingerprint density at radius 1 is 1.42 bits per heavy atom. The predicted molar refractivity (Wildman–Crippen MR) is 72.3 cm³/mol. The van der Waals surface area contributed by atoms with Gasteiger partial charge in [0.15, 0.2) is 5.82 Å². The summed E-state index contributed by atoms with van der Waals surface area (Å²) >= 11 is 0. The van der Waals surface area contributed by atoms with Crippen LogP contribution in [0.1, 0.15) is 39.9 Å². The van der Waals surface area contributed by atoms with Crippen molar-refractivity contribution in [2.45, 2.75) is 52.7 Å². The number of nitrogens with one attached hydrogen (secondary N) is 1. The molecule has 0 atom stereocenters. The Hall–Kier alpha value is -1.50. The quantitative estimate of drug-likeness (QED) is 0.809. The Morgan fingerprint density at radius 2 is 2.11 bits per heavy atom. The highest BCUT2D eigenvalue weighted by molar-refractivity contribution is 5.78. The molecule has 1 aromatic heterocycles. The van der Waals surface area contributed by atoms with Crippen LogP contribution >= 0.6 is 0 Å². The Kier molecular flexibility index (Phi) is 5.41. The molecule has 0 saturated heterocycles. The van der Waals surface area contributed by atoms with E-state index < -0.39 is 0 Å². The fraction of sp³-hybridized carbons (Fsp3) is 0.833. The van der Waals surface area contributed by atoms with Crippen LogP contribution < -0.4 is 5.32 Å². The summed E-state index contributed by atoms with van der Waals surface area (Å²) in [5, 5.41) is 14.5. The van der Waals surface area contributed by atoms with Crippen LogP contribution in [0, 0.1) is 0 Å². The SMILES string of the molecule is CCCn1nnnc1CN(C)CC(=O)NC(C)(C)C. The fourth-order valence-corrected chi connectivity index (χ4v) is 1.72. The number of carbonyl (C=O) groups excluding carboxylic acids is 1. The third-order valence-corrected chi connectivity index (χ3v) is 2.38. The van der Waals surface area contributed by atoms with Gasteiger partial charge in [-0.1, -0.05) is 6.92 Å². The molecule has 0 radical (unpaired) electrons. The van der Waals surface area contributed by atoms with Gasteiger partial charge in [-0.3, -0.25) is 9.69 Å². The van der Waals surface area contributed by atoms with Crippen molar-refractivity contribution in [2.75, 3.05) is 13.6 Å². The number of carbonyl (C=O) groups is 1. The number of amides is 1. The molecule has 1 amide bonds. The predicted octanol–water partition coefficient (Wildman–Crippen LogP) is 0.430. The van der Waals surface area contributed by atoms with Crippen LogP contribution in [0.5, 0.6) is 0 Å². The highest BCUT2D eigenvalue weighted by Crippen LogP contribution is 2.01. The first kappa shape index (κ1) is 15.6. The minimum atomic E-state index is -0.207. The highest BCUT2D eigenvalue weighted by atomic mass is 16.2. The van der Waals surface area contributed by atoms with Gasteiger partial charge in [0.25, 0.3) is 0 Å². The van der Waals surface area contributed by atoms with Gasteiger partial charge >= 0.3 is 0 Å². The smallest absolute Gasteiger partial charge is 0.234 e. The van der Waals surface area contributed by atoms with Crippen LogP contribution in [-0.4, -0.2) is 50.1 Å². The second-order valence-corrected chi connectivity index (χ2v) is 5.79. The summed E-state index contributed by atoms with van der Waals surface area (Å²) in [7, 11) is 1.88. The van der Waals surface area contributed by atoms with E-state index in [1.165, 1.54) is 0 Å². The van der Waals surface area contributed by atoms with E-state index in [0.717, 1.165) is 18.8 Å². The topological polar surface area (TPSA) is 75.9 Å². The van der Waals surface area contributed by atoms with Gasteiger partial charge in [-0.15, -0.1) is 5.10 Å². The summed E-state index contributed by atoms with van der Waals surface area (Å²) in [6.07, 6.45) is 0.978. The Morgan fingerprint density at radius 3 is 2.68 bits per heavy atom. The van der Waals surface area contributed by atoms with Crippen LogP contribution in [0.4, 0.5) is 0 Å². The highest BCUT2D eigenvalue weighted by Gasteiger charge is 2.16. The maximum absolute atomic E-state index is 11.8.